The first kappa shape index (κ1) is 29.2. The monoisotopic (exact) mass is 561 g/mol. The maximum Gasteiger partial charge on any atom is 0.244 e. The number of aryl methyl sites for hydroxylation is 1. The molecule has 7 nitrogen and oxygen atoms in total. The molecule has 35 heavy (non-hydrogen) atoms. The number of amides is 2. The Morgan fingerprint density at radius 1 is 1.03 bits per heavy atom. The van der Waals surface area contributed by atoms with E-state index in [1.165, 1.54) is 11.0 Å². The number of anilines is 1. The van der Waals surface area contributed by atoms with E-state index in [1.807, 2.05) is 6.92 Å². The summed E-state index contributed by atoms with van der Waals surface area (Å²) in [6.45, 7) is 5.38. The number of nitrogens with one attached hydrogen (secondary N) is 1. The predicted molar refractivity (Wildman–Crippen MR) is 143 cm³/mol. The van der Waals surface area contributed by atoms with Crippen LogP contribution < -0.4 is 9.62 Å². The lowest BCUT2D eigenvalue weighted by atomic mass is 10.1. The summed E-state index contributed by atoms with van der Waals surface area (Å²) in [5.41, 5.74) is 1.50. The highest BCUT2D eigenvalue weighted by atomic mass is 35.5. The first-order chi connectivity index (χ1) is 16.4. The fourth-order valence-electron chi connectivity index (χ4n) is 3.56. The van der Waals surface area contributed by atoms with Crippen molar-refractivity contribution in [3.8, 4) is 0 Å². The van der Waals surface area contributed by atoms with Crippen LogP contribution in [0.1, 0.15) is 37.8 Å². The Balaban J connectivity index is 2.50. The lowest BCUT2D eigenvalue weighted by Gasteiger charge is -2.33. The van der Waals surface area contributed by atoms with Gasteiger partial charge in [-0.1, -0.05) is 60.8 Å². The summed E-state index contributed by atoms with van der Waals surface area (Å²) in [6, 6.07) is 8.86. The highest BCUT2D eigenvalue weighted by Crippen LogP contribution is 2.28. The van der Waals surface area contributed by atoms with Gasteiger partial charge < -0.3 is 10.2 Å². The van der Waals surface area contributed by atoms with E-state index in [4.69, 9.17) is 34.8 Å². The molecule has 0 saturated carbocycles. The molecule has 2 aromatic carbocycles. The summed E-state index contributed by atoms with van der Waals surface area (Å²) in [4.78, 5) is 28.0. The van der Waals surface area contributed by atoms with Gasteiger partial charge in [0, 0.05) is 28.2 Å². The molecule has 0 fully saturated rings. The van der Waals surface area contributed by atoms with Crippen molar-refractivity contribution in [2.24, 2.45) is 0 Å². The van der Waals surface area contributed by atoms with Crippen LogP contribution in [0.25, 0.3) is 0 Å². The van der Waals surface area contributed by atoms with Gasteiger partial charge in [0.25, 0.3) is 0 Å². The second kappa shape index (κ2) is 12.8. The predicted octanol–water partition coefficient (Wildman–Crippen LogP) is 5.05. The number of carbonyl (C=O) groups is 2. The smallest absolute Gasteiger partial charge is 0.244 e. The topological polar surface area (TPSA) is 86.8 Å². The summed E-state index contributed by atoms with van der Waals surface area (Å²) < 4.78 is 26.4. The van der Waals surface area contributed by atoms with Crippen molar-refractivity contribution in [3.05, 3.63) is 62.6 Å². The van der Waals surface area contributed by atoms with E-state index in [9.17, 15) is 18.0 Å². The summed E-state index contributed by atoms with van der Waals surface area (Å²) in [5.74, 6) is -0.878. The van der Waals surface area contributed by atoms with Crippen LogP contribution in [-0.2, 0) is 26.2 Å². The van der Waals surface area contributed by atoms with E-state index in [2.05, 4.69) is 5.32 Å². The van der Waals surface area contributed by atoms with Crippen molar-refractivity contribution >= 4 is 62.3 Å². The maximum absolute atomic E-state index is 13.7. The Kier molecular flexibility index (Phi) is 10.7. The molecule has 192 valence electrons. The number of hydrogen-bond donors (Lipinski definition) is 1. The number of benzene rings is 2. The number of sulfonamides is 1. The fraction of sp³-hybridized carbons (Fsp3) is 0.417. The van der Waals surface area contributed by atoms with Gasteiger partial charge in [0.15, 0.2) is 0 Å². The summed E-state index contributed by atoms with van der Waals surface area (Å²) in [6.07, 6.45) is 2.07. The van der Waals surface area contributed by atoms with E-state index < -0.39 is 28.5 Å². The molecular formula is C24H30Cl3N3O4S. The molecule has 0 aliphatic rings. The van der Waals surface area contributed by atoms with Crippen LogP contribution in [0.3, 0.4) is 0 Å². The van der Waals surface area contributed by atoms with E-state index in [0.717, 1.165) is 17.0 Å². The highest BCUT2D eigenvalue weighted by Gasteiger charge is 2.32. The van der Waals surface area contributed by atoms with Crippen LogP contribution in [0, 0.1) is 6.92 Å². The molecule has 2 rings (SSSR count). The SMILES string of the molecule is CCCNC(=O)C(CC)N(Cc1ccc(Cl)cc1Cl)C(=O)CN(c1cc(Cl)ccc1C)S(C)(=O)=O. The summed E-state index contributed by atoms with van der Waals surface area (Å²) in [7, 11) is -3.86. The molecule has 1 N–H and O–H groups in total. The third-order valence-corrected chi connectivity index (χ3v) is 7.36. The number of halogens is 3. The van der Waals surface area contributed by atoms with Crippen molar-refractivity contribution in [1.82, 2.24) is 10.2 Å². The standard InChI is InChI=1S/C24H30Cl3N3O4S/c1-5-11-28-24(32)21(6-2)29(14-17-8-10-18(25)12-20(17)27)23(31)15-30(35(4,33)34)22-13-19(26)9-7-16(22)3/h7-10,12-13,21H,5-6,11,14-15H2,1-4H3,(H,28,32). The molecule has 0 spiro atoms. The molecule has 11 heteroatoms. The van der Waals surface area contributed by atoms with Crippen molar-refractivity contribution in [2.75, 3.05) is 23.7 Å². The molecule has 0 aliphatic heterocycles. The average molecular weight is 563 g/mol. The van der Waals surface area contributed by atoms with Crippen molar-refractivity contribution in [2.45, 2.75) is 46.2 Å². The summed E-state index contributed by atoms with van der Waals surface area (Å²) >= 11 is 18.5. The number of carbonyl (C=O) groups excluding carboxylic acids is 2. The van der Waals surface area contributed by atoms with Crippen LogP contribution in [0.15, 0.2) is 36.4 Å². The van der Waals surface area contributed by atoms with E-state index in [0.29, 0.717) is 44.8 Å². The number of hydrogen-bond acceptors (Lipinski definition) is 4. The zero-order valence-corrected chi connectivity index (χ0v) is 23.2. The molecule has 1 atom stereocenters. The van der Waals surface area contributed by atoms with Crippen LogP contribution in [0.2, 0.25) is 15.1 Å². The Bertz CT molecular complexity index is 1170. The Hall–Kier alpha value is -2.00. The molecule has 0 saturated heterocycles. The minimum Gasteiger partial charge on any atom is -0.354 e. The summed E-state index contributed by atoms with van der Waals surface area (Å²) in [5, 5.41) is 3.93. The van der Waals surface area contributed by atoms with Gasteiger partial charge >= 0.3 is 0 Å². The quantitative estimate of drug-likeness (QED) is 0.415. The van der Waals surface area contributed by atoms with Gasteiger partial charge in [0.2, 0.25) is 21.8 Å². The maximum atomic E-state index is 13.7. The first-order valence-electron chi connectivity index (χ1n) is 11.1. The molecule has 0 aliphatic carbocycles. The van der Waals surface area contributed by atoms with Crippen molar-refractivity contribution in [1.29, 1.82) is 0 Å². The van der Waals surface area contributed by atoms with E-state index >= 15 is 0 Å². The van der Waals surface area contributed by atoms with Gasteiger partial charge in [-0.2, -0.15) is 0 Å². The molecular weight excluding hydrogens is 533 g/mol. The zero-order chi connectivity index (χ0) is 26.3. The molecule has 2 aromatic rings. The van der Waals surface area contributed by atoms with Gasteiger partial charge in [-0.25, -0.2) is 8.42 Å². The number of nitrogens with zero attached hydrogens (tertiary/aromatic N) is 2. The Morgan fingerprint density at radius 3 is 2.23 bits per heavy atom. The third kappa shape index (κ3) is 8.00. The first-order valence-corrected chi connectivity index (χ1v) is 14.1. The molecule has 0 bridgehead atoms. The fourth-order valence-corrected chi connectivity index (χ4v) is 5.10. The zero-order valence-electron chi connectivity index (χ0n) is 20.1. The molecule has 0 heterocycles. The van der Waals surface area contributed by atoms with Crippen LogP contribution >= 0.6 is 34.8 Å². The molecule has 2 amide bonds. The normalized spacial score (nSPS) is 12.2. The van der Waals surface area contributed by atoms with E-state index in [1.54, 1.807) is 44.2 Å². The van der Waals surface area contributed by atoms with Crippen molar-refractivity contribution in [3.63, 3.8) is 0 Å². The third-order valence-electron chi connectivity index (χ3n) is 5.41. The van der Waals surface area contributed by atoms with E-state index in [-0.39, 0.29) is 12.5 Å². The average Bonchev–Trinajstić information content (AvgIpc) is 2.78. The van der Waals surface area contributed by atoms with Crippen LogP contribution in [-0.4, -0.2) is 50.5 Å². The van der Waals surface area contributed by atoms with Gasteiger partial charge in [-0.15, -0.1) is 0 Å². The lowest BCUT2D eigenvalue weighted by Crippen LogP contribution is -2.52. The second-order valence-corrected chi connectivity index (χ2v) is 11.4. The Morgan fingerprint density at radius 2 is 1.66 bits per heavy atom. The molecule has 0 aromatic heterocycles. The largest absolute Gasteiger partial charge is 0.354 e. The number of rotatable bonds is 11. The highest BCUT2D eigenvalue weighted by molar-refractivity contribution is 7.92. The van der Waals surface area contributed by atoms with Crippen LogP contribution in [0.4, 0.5) is 5.69 Å². The van der Waals surface area contributed by atoms with Gasteiger partial charge in [0.1, 0.15) is 12.6 Å². The molecule has 0 radical (unpaired) electrons. The van der Waals surface area contributed by atoms with Gasteiger partial charge in [-0.3, -0.25) is 13.9 Å². The Labute approximate surface area is 222 Å². The molecule has 1 unspecified atom stereocenters. The lowest BCUT2D eigenvalue weighted by molar-refractivity contribution is -0.140. The van der Waals surface area contributed by atoms with Crippen molar-refractivity contribution < 1.29 is 18.0 Å². The van der Waals surface area contributed by atoms with Crippen LogP contribution in [0.5, 0.6) is 0 Å². The van der Waals surface area contributed by atoms with Gasteiger partial charge in [0.05, 0.1) is 11.9 Å². The van der Waals surface area contributed by atoms with Gasteiger partial charge in [-0.05, 0) is 55.2 Å². The minimum absolute atomic E-state index is 0.000975. The second-order valence-electron chi connectivity index (χ2n) is 8.17. The minimum atomic E-state index is -3.86.